The SMILES string of the molecule is O=C(O)CC(NC(=O)NCC(=O)N1CCCC1)C(=O)O. The lowest BCUT2D eigenvalue weighted by Crippen LogP contribution is -2.49. The number of rotatable bonds is 6. The minimum atomic E-state index is -1.53. The van der Waals surface area contributed by atoms with E-state index in [2.05, 4.69) is 5.32 Å². The Morgan fingerprint density at radius 1 is 1.10 bits per heavy atom. The third-order valence-electron chi connectivity index (χ3n) is 2.84. The minimum Gasteiger partial charge on any atom is -0.481 e. The van der Waals surface area contributed by atoms with Crippen LogP contribution in [0.25, 0.3) is 0 Å². The molecule has 1 heterocycles. The second kappa shape index (κ2) is 7.31. The molecule has 0 aromatic rings. The van der Waals surface area contributed by atoms with Crippen LogP contribution in [0.5, 0.6) is 0 Å². The molecule has 4 N–H and O–H groups in total. The minimum absolute atomic E-state index is 0.245. The van der Waals surface area contributed by atoms with Crippen LogP contribution < -0.4 is 10.6 Å². The summed E-state index contributed by atoms with van der Waals surface area (Å²) in [5.74, 6) is -3.04. The highest BCUT2D eigenvalue weighted by atomic mass is 16.4. The number of urea groups is 1. The number of likely N-dealkylation sites (tertiary alicyclic amines) is 1. The summed E-state index contributed by atoms with van der Waals surface area (Å²) >= 11 is 0. The maximum atomic E-state index is 11.6. The fourth-order valence-corrected chi connectivity index (χ4v) is 1.82. The molecular weight excluding hydrogens is 270 g/mol. The third kappa shape index (κ3) is 5.12. The molecule has 1 fully saturated rings. The smallest absolute Gasteiger partial charge is 0.326 e. The van der Waals surface area contributed by atoms with Crippen LogP contribution in [-0.2, 0) is 14.4 Å². The summed E-state index contributed by atoms with van der Waals surface area (Å²) in [6.07, 6.45) is 1.12. The van der Waals surface area contributed by atoms with Crippen molar-refractivity contribution < 1.29 is 29.4 Å². The van der Waals surface area contributed by atoms with Gasteiger partial charge in [0.15, 0.2) is 0 Å². The molecule has 0 bridgehead atoms. The normalized spacial score (nSPS) is 15.5. The zero-order chi connectivity index (χ0) is 15.1. The summed E-state index contributed by atoms with van der Waals surface area (Å²) in [6.45, 7) is 1.06. The highest BCUT2D eigenvalue weighted by Gasteiger charge is 2.24. The molecule has 112 valence electrons. The zero-order valence-electron chi connectivity index (χ0n) is 10.8. The van der Waals surface area contributed by atoms with Gasteiger partial charge < -0.3 is 25.7 Å². The van der Waals surface area contributed by atoms with Gasteiger partial charge in [-0.05, 0) is 12.8 Å². The van der Waals surface area contributed by atoms with E-state index >= 15 is 0 Å². The monoisotopic (exact) mass is 287 g/mol. The van der Waals surface area contributed by atoms with E-state index in [-0.39, 0.29) is 12.5 Å². The first-order valence-corrected chi connectivity index (χ1v) is 6.17. The van der Waals surface area contributed by atoms with Gasteiger partial charge in [0.1, 0.15) is 6.04 Å². The summed E-state index contributed by atoms with van der Waals surface area (Å²) in [4.78, 5) is 45.8. The van der Waals surface area contributed by atoms with Gasteiger partial charge in [0.05, 0.1) is 13.0 Å². The van der Waals surface area contributed by atoms with E-state index < -0.39 is 30.4 Å². The molecule has 0 aliphatic carbocycles. The highest BCUT2D eigenvalue weighted by molar-refractivity contribution is 5.88. The molecule has 0 spiro atoms. The Labute approximate surface area is 114 Å². The van der Waals surface area contributed by atoms with Crippen molar-refractivity contribution >= 4 is 23.9 Å². The number of nitrogens with one attached hydrogen (secondary N) is 2. The van der Waals surface area contributed by atoms with E-state index in [4.69, 9.17) is 10.2 Å². The molecular formula is C11H17N3O6. The number of aliphatic carboxylic acids is 2. The number of carboxylic acid groups (broad SMARTS) is 2. The van der Waals surface area contributed by atoms with Crippen molar-refractivity contribution in [3.8, 4) is 0 Å². The predicted molar refractivity (Wildman–Crippen MR) is 66.0 cm³/mol. The lowest BCUT2D eigenvalue weighted by molar-refractivity contribution is -0.145. The van der Waals surface area contributed by atoms with Crippen LogP contribution in [0.3, 0.4) is 0 Å². The Kier molecular flexibility index (Phi) is 5.75. The maximum absolute atomic E-state index is 11.6. The zero-order valence-corrected chi connectivity index (χ0v) is 10.8. The summed E-state index contributed by atoms with van der Waals surface area (Å²) in [5, 5.41) is 21.5. The number of nitrogens with zero attached hydrogens (tertiary/aromatic N) is 1. The molecule has 20 heavy (non-hydrogen) atoms. The van der Waals surface area contributed by atoms with E-state index in [9.17, 15) is 19.2 Å². The quantitative estimate of drug-likeness (QED) is 0.486. The first-order valence-electron chi connectivity index (χ1n) is 6.17. The summed E-state index contributed by atoms with van der Waals surface area (Å²) < 4.78 is 0. The van der Waals surface area contributed by atoms with Gasteiger partial charge in [-0.2, -0.15) is 0 Å². The molecule has 1 rings (SSSR count). The van der Waals surface area contributed by atoms with Crippen molar-refractivity contribution in [1.29, 1.82) is 0 Å². The Morgan fingerprint density at radius 3 is 2.20 bits per heavy atom. The Hall–Kier alpha value is -2.32. The van der Waals surface area contributed by atoms with Crippen LogP contribution in [0.4, 0.5) is 4.79 Å². The third-order valence-corrected chi connectivity index (χ3v) is 2.84. The van der Waals surface area contributed by atoms with Crippen molar-refractivity contribution in [1.82, 2.24) is 15.5 Å². The van der Waals surface area contributed by atoms with Gasteiger partial charge >= 0.3 is 18.0 Å². The molecule has 0 aromatic heterocycles. The van der Waals surface area contributed by atoms with E-state index in [0.717, 1.165) is 12.8 Å². The largest absolute Gasteiger partial charge is 0.481 e. The second-order valence-corrected chi connectivity index (χ2v) is 4.40. The topological polar surface area (TPSA) is 136 Å². The van der Waals surface area contributed by atoms with Gasteiger partial charge in [0.25, 0.3) is 0 Å². The van der Waals surface area contributed by atoms with Gasteiger partial charge in [0.2, 0.25) is 5.91 Å². The molecule has 1 aliphatic heterocycles. The standard InChI is InChI=1S/C11H17N3O6/c15-8(14-3-1-2-4-14)6-12-11(20)13-7(10(18)19)5-9(16)17/h7H,1-6H2,(H,16,17)(H,18,19)(H2,12,13,20). The average molecular weight is 287 g/mol. The van der Waals surface area contributed by atoms with E-state index in [0.29, 0.717) is 13.1 Å². The summed E-state index contributed by atoms with van der Waals surface area (Å²) in [7, 11) is 0. The predicted octanol–water partition coefficient (Wildman–Crippen LogP) is -1.16. The molecule has 1 atom stereocenters. The molecule has 9 heteroatoms. The fraction of sp³-hybridized carbons (Fsp3) is 0.636. The van der Waals surface area contributed by atoms with Crippen LogP contribution in [-0.4, -0.2) is 64.7 Å². The number of carbonyl (C=O) groups is 4. The van der Waals surface area contributed by atoms with Gasteiger partial charge in [-0.25, -0.2) is 9.59 Å². The average Bonchev–Trinajstić information content (AvgIpc) is 2.88. The Morgan fingerprint density at radius 2 is 1.70 bits per heavy atom. The lowest BCUT2D eigenvalue weighted by Gasteiger charge is -2.17. The van der Waals surface area contributed by atoms with E-state index in [1.54, 1.807) is 4.90 Å². The van der Waals surface area contributed by atoms with Crippen LogP contribution in [0.2, 0.25) is 0 Å². The Balaban J connectivity index is 2.35. The maximum Gasteiger partial charge on any atom is 0.326 e. The highest BCUT2D eigenvalue weighted by Crippen LogP contribution is 2.06. The molecule has 9 nitrogen and oxygen atoms in total. The van der Waals surface area contributed by atoms with Crippen LogP contribution in [0, 0.1) is 0 Å². The number of hydrogen-bond acceptors (Lipinski definition) is 4. The van der Waals surface area contributed by atoms with Gasteiger partial charge in [-0.15, -0.1) is 0 Å². The number of amides is 3. The molecule has 1 saturated heterocycles. The van der Waals surface area contributed by atoms with E-state index in [1.165, 1.54) is 0 Å². The first kappa shape index (κ1) is 15.7. The van der Waals surface area contributed by atoms with E-state index in [1.807, 2.05) is 5.32 Å². The molecule has 3 amide bonds. The van der Waals surface area contributed by atoms with Crippen molar-refractivity contribution in [2.24, 2.45) is 0 Å². The van der Waals surface area contributed by atoms with Gasteiger partial charge in [-0.1, -0.05) is 0 Å². The van der Waals surface area contributed by atoms with Crippen molar-refractivity contribution in [3.05, 3.63) is 0 Å². The first-order chi connectivity index (χ1) is 9.40. The summed E-state index contributed by atoms with van der Waals surface area (Å²) in [6, 6.07) is -2.42. The summed E-state index contributed by atoms with van der Waals surface area (Å²) in [5.41, 5.74) is 0. The molecule has 0 saturated carbocycles. The molecule has 1 unspecified atom stereocenters. The molecule has 1 aliphatic rings. The Bertz CT molecular complexity index is 405. The van der Waals surface area contributed by atoms with Crippen LogP contribution >= 0.6 is 0 Å². The van der Waals surface area contributed by atoms with Gasteiger partial charge in [-0.3, -0.25) is 9.59 Å². The van der Waals surface area contributed by atoms with Gasteiger partial charge in [0, 0.05) is 13.1 Å². The van der Waals surface area contributed by atoms with Crippen LogP contribution in [0.15, 0.2) is 0 Å². The van der Waals surface area contributed by atoms with Crippen LogP contribution in [0.1, 0.15) is 19.3 Å². The number of carbonyl (C=O) groups excluding carboxylic acids is 2. The molecule has 0 radical (unpaired) electrons. The fourth-order valence-electron chi connectivity index (χ4n) is 1.82. The van der Waals surface area contributed by atoms with Crippen molar-refractivity contribution in [2.75, 3.05) is 19.6 Å². The number of hydrogen-bond donors (Lipinski definition) is 4. The molecule has 0 aromatic carbocycles. The van der Waals surface area contributed by atoms with Crippen molar-refractivity contribution in [2.45, 2.75) is 25.3 Å². The van der Waals surface area contributed by atoms with Crippen molar-refractivity contribution in [3.63, 3.8) is 0 Å². The second-order valence-electron chi connectivity index (χ2n) is 4.40. The lowest BCUT2D eigenvalue weighted by atomic mass is 10.2. The number of carboxylic acids is 2.